The summed E-state index contributed by atoms with van der Waals surface area (Å²) in [6, 6.07) is 0. The third-order valence-electron chi connectivity index (χ3n) is 13.1. The molecule has 3 unspecified atom stereocenters. The number of hydrogen-bond acceptors (Lipinski definition) is 11. The molecule has 322 valence electrons. The molecule has 0 radical (unpaired) electrons. The molecule has 11 heteroatoms. The van der Waals surface area contributed by atoms with Crippen molar-refractivity contribution < 1.29 is 52.4 Å². The van der Waals surface area contributed by atoms with Crippen LogP contribution in [0, 0.1) is 28.1 Å². The van der Waals surface area contributed by atoms with E-state index in [4.69, 9.17) is 28.4 Å². The standard InChI is InChI=1S/C21H34O5.C14H26O2.C10H16O4/c1-7-19(5,6)16(22)24-20-9-14-8-15(10-20)12-21(11-14,13-20)26-17(23)25-18(2,3)4;1-5-13(3,4)12(15)16-14(6-2)10-8-7-9-11-14;1-4-10(2,3)9(12)14-7-5-6-13-8(7)11/h14-15H,7-13H2,1-6H3;5-11H2,1-4H3;7H,4-6H2,1-3H3. The Balaban J connectivity index is 0.000000242. The highest BCUT2D eigenvalue weighted by Crippen LogP contribution is 2.60. The van der Waals surface area contributed by atoms with Crippen LogP contribution < -0.4 is 0 Å². The third-order valence-corrected chi connectivity index (χ3v) is 13.1. The fourth-order valence-electron chi connectivity index (χ4n) is 8.48. The highest BCUT2D eigenvalue weighted by molar-refractivity contribution is 5.82. The highest BCUT2D eigenvalue weighted by Gasteiger charge is 2.62. The quantitative estimate of drug-likeness (QED) is 0.146. The summed E-state index contributed by atoms with van der Waals surface area (Å²) in [4.78, 5) is 59.8. The van der Waals surface area contributed by atoms with Crippen molar-refractivity contribution in [2.75, 3.05) is 6.61 Å². The van der Waals surface area contributed by atoms with Gasteiger partial charge in [-0.3, -0.25) is 14.4 Å². The van der Waals surface area contributed by atoms with Gasteiger partial charge in [0.2, 0.25) is 6.10 Å². The van der Waals surface area contributed by atoms with Gasteiger partial charge in [0.05, 0.1) is 22.9 Å². The molecule has 6 aliphatic rings. The number of carbonyl (C=O) groups excluding carboxylic acids is 5. The van der Waals surface area contributed by atoms with Crippen LogP contribution in [0.4, 0.5) is 4.79 Å². The van der Waals surface area contributed by atoms with Gasteiger partial charge in [-0.05, 0) is 158 Å². The van der Waals surface area contributed by atoms with E-state index in [-0.39, 0.29) is 28.9 Å². The average molecular weight is 793 g/mol. The summed E-state index contributed by atoms with van der Waals surface area (Å²) in [7, 11) is 0. The fourth-order valence-corrected chi connectivity index (χ4v) is 8.48. The average Bonchev–Trinajstić information content (AvgIpc) is 3.50. The Bertz CT molecular complexity index is 1370. The Kier molecular flexibility index (Phi) is 15.6. The zero-order chi connectivity index (χ0) is 42.4. The molecule has 5 saturated carbocycles. The second-order valence-corrected chi connectivity index (χ2v) is 20.3. The summed E-state index contributed by atoms with van der Waals surface area (Å²) in [5, 5.41) is 0. The minimum absolute atomic E-state index is 0.0150. The normalized spacial score (nSPS) is 28.0. The van der Waals surface area contributed by atoms with Crippen LogP contribution in [-0.2, 0) is 47.6 Å². The van der Waals surface area contributed by atoms with Crippen LogP contribution in [0.25, 0.3) is 0 Å². The van der Waals surface area contributed by atoms with Crippen LogP contribution in [0.15, 0.2) is 0 Å². The zero-order valence-electron chi connectivity index (χ0n) is 37.2. The fraction of sp³-hybridized carbons (Fsp3) is 0.889. The van der Waals surface area contributed by atoms with Gasteiger partial charge in [0.15, 0.2) is 0 Å². The Labute approximate surface area is 337 Å². The van der Waals surface area contributed by atoms with Gasteiger partial charge in [-0.1, -0.05) is 34.1 Å². The predicted octanol–water partition coefficient (Wildman–Crippen LogP) is 10.4. The van der Waals surface area contributed by atoms with Gasteiger partial charge < -0.3 is 28.4 Å². The molecular weight excluding hydrogens is 716 g/mol. The molecule has 0 amide bonds. The first kappa shape index (κ1) is 47.5. The van der Waals surface area contributed by atoms with E-state index in [0.717, 1.165) is 64.2 Å². The largest absolute Gasteiger partial charge is 0.509 e. The van der Waals surface area contributed by atoms with Crippen LogP contribution in [0.2, 0.25) is 0 Å². The van der Waals surface area contributed by atoms with Gasteiger partial charge in [0.25, 0.3) is 0 Å². The Hall–Kier alpha value is -2.85. The molecule has 0 N–H and O–H groups in total. The molecule has 1 heterocycles. The lowest BCUT2D eigenvalue weighted by Crippen LogP contribution is -2.62. The molecule has 0 aromatic carbocycles. The van der Waals surface area contributed by atoms with Crippen molar-refractivity contribution >= 4 is 30.0 Å². The van der Waals surface area contributed by atoms with E-state index < -0.39 is 45.9 Å². The van der Waals surface area contributed by atoms with Crippen molar-refractivity contribution in [1.29, 1.82) is 0 Å². The van der Waals surface area contributed by atoms with Crippen molar-refractivity contribution in [1.82, 2.24) is 0 Å². The number of cyclic esters (lactones) is 1. The van der Waals surface area contributed by atoms with E-state index in [2.05, 4.69) is 6.92 Å². The predicted molar refractivity (Wildman–Crippen MR) is 213 cm³/mol. The lowest BCUT2D eigenvalue weighted by Gasteiger charge is -2.60. The van der Waals surface area contributed by atoms with Gasteiger partial charge >= 0.3 is 30.0 Å². The molecule has 4 bridgehead atoms. The summed E-state index contributed by atoms with van der Waals surface area (Å²) < 4.78 is 33.0. The maximum Gasteiger partial charge on any atom is 0.509 e. The van der Waals surface area contributed by atoms with Crippen LogP contribution >= 0.6 is 0 Å². The molecule has 56 heavy (non-hydrogen) atoms. The van der Waals surface area contributed by atoms with Gasteiger partial charge in [0, 0.05) is 12.8 Å². The van der Waals surface area contributed by atoms with E-state index >= 15 is 0 Å². The lowest BCUT2D eigenvalue weighted by atomic mass is 9.52. The maximum absolute atomic E-state index is 12.7. The second kappa shape index (κ2) is 18.4. The van der Waals surface area contributed by atoms with Crippen molar-refractivity contribution in [2.45, 2.75) is 221 Å². The molecule has 1 saturated heterocycles. The number of esters is 4. The summed E-state index contributed by atoms with van der Waals surface area (Å²) in [6.45, 7) is 25.4. The van der Waals surface area contributed by atoms with E-state index in [1.165, 1.54) is 19.3 Å². The maximum atomic E-state index is 12.7. The van der Waals surface area contributed by atoms with Gasteiger partial charge in [-0.2, -0.15) is 0 Å². The minimum atomic E-state index is -0.687. The summed E-state index contributed by atoms with van der Waals surface area (Å²) in [5.74, 6) is 0.00896. The summed E-state index contributed by atoms with van der Waals surface area (Å²) in [6.07, 6.45) is 13.5. The van der Waals surface area contributed by atoms with Crippen LogP contribution in [0.5, 0.6) is 0 Å². The first-order chi connectivity index (χ1) is 25.8. The smallest absolute Gasteiger partial charge is 0.463 e. The molecule has 5 aliphatic carbocycles. The monoisotopic (exact) mass is 793 g/mol. The molecule has 6 fully saturated rings. The van der Waals surface area contributed by atoms with Crippen molar-refractivity contribution in [3.8, 4) is 0 Å². The first-order valence-electron chi connectivity index (χ1n) is 21.6. The topological polar surface area (TPSA) is 141 Å². The molecular formula is C45H76O11. The van der Waals surface area contributed by atoms with E-state index in [1.54, 1.807) is 13.8 Å². The molecule has 6 rings (SSSR count). The Morgan fingerprint density at radius 2 is 1.12 bits per heavy atom. The lowest BCUT2D eigenvalue weighted by molar-refractivity contribution is -0.230. The minimum Gasteiger partial charge on any atom is -0.463 e. The van der Waals surface area contributed by atoms with Gasteiger partial charge in [0.1, 0.15) is 22.4 Å². The van der Waals surface area contributed by atoms with E-state index in [0.29, 0.717) is 37.7 Å². The molecule has 1 aliphatic heterocycles. The number of ether oxygens (including phenoxy) is 6. The number of hydrogen-bond donors (Lipinski definition) is 0. The third kappa shape index (κ3) is 12.6. The van der Waals surface area contributed by atoms with Crippen LogP contribution in [0.1, 0.15) is 193 Å². The van der Waals surface area contributed by atoms with Gasteiger partial charge in [-0.25, -0.2) is 9.59 Å². The highest BCUT2D eigenvalue weighted by atomic mass is 16.7. The summed E-state index contributed by atoms with van der Waals surface area (Å²) >= 11 is 0. The molecule has 0 aromatic heterocycles. The molecule has 0 aromatic rings. The second-order valence-electron chi connectivity index (χ2n) is 20.3. The van der Waals surface area contributed by atoms with Crippen molar-refractivity contribution in [2.24, 2.45) is 28.1 Å². The molecule has 11 nitrogen and oxygen atoms in total. The van der Waals surface area contributed by atoms with E-state index in [9.17, 15) is 24.0 Å². The van der Waals surface area contributed by atoms with Crippen LogP contribution in [0.3, 0.4) is 0 Å². The van der Waals surface area contributed by atoms with Gasteiger partial charge in [-0.15, -0.1) is 0 Å². The SMILES string of the molecule is CCC(C)(C)C(=O)OC12CC3CC(CC(OC(=O)OC(C)(C)C)(C3)C1)C2.CCC(C)(C)C(=O)OC1CCOC1=O.CCC1(OC(=O)C(C)(C)CC)CCCCC1. The Morgan fingerprint density at radius 1 is 0.661 bits per heavy atom. The number of rotatable bonds is 11. The van der Waals surface area contributed by atoms with E-state index in [1.807, 2.05) is 69.2 Å². The molecule has 3 atom stereocenters. The van der Waals surface area contributed by atoms with Crippen molar-refractivity contribution in [3.63, 3.8) is 0 Å². The number of carbonyl (C=O) groups is 5. The Morgan fingerprint density at radius 3 is 1.55 bits per heavy atom. The summed E-state index contributed by atoms with van der Waals surface area (Å²) in [5.41, 5.74) is -3.08. The first-order valence-corrected chi connectivity index (χ1v) is 21.6. The molecule has 0 spiro atoms. The van der Waals surface area contributed by atoms with Crippen LogP contribution in [-0.4, -0.2) is 65.1 Å². The zero-order valence-corrected chi connectivity index (χ0v) is 37.2. The van der Waals surface area contributed by atoms with Crippen molar-refractivity contribution in [3.05, 3.63) is 0 Å².